The predicted octanol–water partition coefficient (Wildman–Crippen LogP) is 2.62. The van der Waals surface area contributed by atoms with Gasteiger partial charge >= 0.3 is 6.18 Å². The van der Waals surface area contributed by atoms with Gasteiger partial charge in [0.25, 0.3) is 0 Å². The summed E-state index contributed by atoms with van der Waals surface area (Å²) in [6.45, 7) is 1.61. The van der Waals surface area contributed by atoms with Gasteiger partial charge in [-0.2, -0.15) is 13.2 Å². The molecule has 1 aromatic rings. The Balaban J connectivity index is 3.19. The fourth-order valence-corrected chi connectivity index (χ4v) is 1.49. The van der Waals surface area contributed by atoms with E-state index in [0.717, 1.165) is 12.1 Å². The van der Waals surface area contributed by atoms with Crippen molar-refractivity contribution in [2.45, 2.75) is 31.7 Å². The predicted molar refractivity (Wildman–Crippen MR) is 54.6 cm³/mol. The van der Waals surface area contributed by atoms with Crippen LogP contribution in [0.2, 0.25) is 0 Å². The molecule has 1 aromatic carbocycles. The zero-order valence-electron chi connectivity index (χ0n) is 9.13. The van der Waals surface area contributed by atoms with Crippen LogP contribution in [0, 0.1) is 5.82 Å². The highest BCUT2D eigenvalue weighted by Gasteiger charge is 2.35. The molecule has 0 aliphatic carbocycles. The lowest BCUT2D eigenvalue weighted by atomic mass is 9.98. The van der Waals surface area contributed by atoms with Crippen molar-refractivity contribution in [3.8, 4) is 0 Å². The normalized spacial score (nSPS) is 15.7. The summed E-state index contributed by atoms with van der Waals surface area (Å²) in [4.78, 5) is 0. The largest absolute Gasteiger partial charge is 0.419 e. The maximum Gasteiger partial charge on any atom is 0.419 e. The SMILES string of the molecule is CC[C@@H](O)[C@@H](N)c1cccc(C(F)(F)F)c1F. The molecular weight excluding hydrogens is 238 g/mol. The Morgan fingerprint density at radius 2 is 1.94 bits per heavy atom. The van der Waals surface area contributed by atoms with Crippen LogP contribution in [-0.2, 0) is 6.18 Å². The van der Waals surface area contributed by atoms with Crippen molar-refractivity contribution in [3.05, 3.63) is 35.1 Å². The van der Waals surface area contributed by atoms with Crippen molar-refractivity contribution in [2.75, 3.05) is 0 Å². The van der Waals surface area contributed by atoms with Crippen LogP contribution >= 0.6 is 0 Å². The van der Waals surface area contributed by atoms with E-state index in [9.17, 15) is 22.7 Å². The molecule has 3 N–H and O–H groups in total. The molecule has 0 saturated heterocycles. The smallest absolute Gasteiger partial charge is 0.391 e. The quantitative estimate of drug-likeness (QED) is 0.811. The molecule has 2 atom stereocenters. The zero-order chi connectivity index (χ0) is 13.2. The molecule has 0 amide bonds. The van der Waals surface area contributed by atoms with Crippen molar-refractivity contribution >= 4 is 0 Å². The lowest BCUT2D eigenvalue weighted by Crippen LogP contribution is -2.27. The first-order valence-corrected chi connectivity index (χ1v) is 5.08. The molecule has 0 fully saturated rings. The average molecular weight is 251 g/mol. The highest BCUT2D eigenvalue weighted by Crippen LogP contribution is 2.34. The van der Waals surface area contributed by atoms with Gasteiger partial charge in [-0.1, -0.05) is 19.1 Å². The van der Waals surface area contributed by atoms with Crippen LogP contribution in [0.4, 0.5) is 17.6 Å². The number of hydrogen-bond donors (Lipinski definition) is 2. The van der Waals surface area contributed by atoms with Crippen molar-refractivity contribution in [3.63, 3.8) is 0 Å². The molecule has 0 unspecified atom stereocenters. The van der Waals surface area contributed by atoms with E-state index in [0.29, 0.717) is 6.07 Å². The first kappa shape index (κ1) is 13.9. The van der Waals surface area contributed by atoms with Crippen LogP contribution in [0.5, 0.6) is 0 Å². The lowest BCUT2D eigenvalue weighted by molar-refractivity contribution is -0.140. The fourth-order valence-electron chi connectivity index (χ4n) is 1.49. The molecule has 2 nitrogen and oxygen atoms in total. The molecule has 0 aromatic heterocycles. The number of hydrogen-bond acceptors (Lipinski definition) is 2. The number of rotatable bonds is 3. The molecule has 0 spiro atoms. The summed E-state index contributed by atoms with van der Waals surface area (Å²) < 4.78 is 50.9. The molecule has 6 heteroatoms. The fraction of sp³-hybridized carbons (Fsp3) is 0.455. The third-order valence-electron chi connectivity index (χ3n) is 2.53. The first-order valence-electron chi connectivity index (χ1n) is 5.08. The summed E-state index contributed by atoms with van der Waals surface area (Å²) >= 11 is 0. The van der Waals surface area contributed by atoms with Crippen LogP contribution in [0.1, 0.15) is 30.5 Å². The molecule has 0 aliphatic heterocycles. The van der Waals surface area contributed by atoms with Gasteiger partial charge in [0.15, 0.2) is 0 Å². The molecule has 0 bridgehead atoms. The molecule has 0 aliphatic rings. The second-order valence-corrected chi connectivity index (χ2v) is 3.71. The van der Waals surface area contributed by atoms with Gasteiger partial charge in [-0.3, -0.25) is 0 Å². The van der Waals surface area contributed by atoms with E-state index in [-0.39, 0.29) is 12.0 Å². The Labute approximate surface area is 96.1 Å². The van der Waals surface area contributed by atoms with Gasteiger partial charge in [0.1, 0.15) is 5.82 Å². The van der Waals surface area contributed by atoms with Gasteiger partial charge in [0, 0.05) is 5.56 Å². The molecule has 1 rings (SSSR count). The van der Waals surface area contributed by atoms with Gasteiger partial charge in [-0.25, -0.2) is 4.39 Å². The minimum absolute atomic E-state index is 0.233. The van der Waals surface area contributed by atoms with Gasteiger partial charge < -0.3 is 10.8 Å². The van der Waals surface area contributed by atoms with Crippen molar-refractivity contribution in [2.24, 2.45) is 5.73 Å². The van der Waals surface area contributed by atoms with Gasteiger partial charge in [0.2, 0.25) is 0 Å². The molecule has 0 radical (unpaired) electrons. The molecule has 0 heterocycles. The van der Waals surface area contributed by atoms with E-state index in [1.54, 1.807) is 6.92 Å². The standard InChI is InChI=1S/C11H13F4NO/c1-2-8(17)10(16)6-4-3-5-7(9(6)12)11(13,14)15/h3-5,8,10,17H,2,16H2,1H3/t8-,10+/m1/s1. The molecule has 96 valence electrons. The topological polar surface area (TPSA) is 46.2 Å². The van der Waals surface area contributed by atoms with Crippen LogP contribution in [0.3, 0.4) is 0 Å². The Bertz CT molecular complexity index is 392. The summed E-state index contributed by atoms with van der Waals surface area (Å²) in [5.74, 6) is -1.42. The number of alkyl halides is 3. The van der Waals surface area contributed by atoms with Crippen LogP contribution < -0.4 is 5.73 Å². The molecule has 0 saturated carbocycles. The molecular formula is C11H13F4NO. The first-order chi connectivity index (χ1) is 7.79. The minimum Gasteiger partial charge on any atom is -0.391 e. The third-order valence-corrected chi connectivity index (χ3v) is 2.53. The van der Waals surface area contributed by atoms with E-state index < -0.39 is 29.7 Å². The van der Waals surface area contributed by atoms with E-state index >= 15 is 0 Å². The van der Waals surface area contributed by atoms with Gasteiger partial charge in [-0.05, 0) is 12.5 Å². The lowest BCUT2D eigenvalue weighted by Gasteiger charge is -2.20. The Morgan fingerprint density at radius 3 is 2.41 bits per heavy atom. The Hall–Kier alpha value is -1.14. The highest BCUT2D eigenvalue weighted by atomic mass is 19.4. The van der Waals surface area contributed by atoms with Gasteiger partial charge in [0.05, 0.1) is 17.7 Å². The zero-order valence-corrected chi connectivity index (χ0v) is 9.13. The van der Waals surface area contributed by atoms with Crippen molar-refractivity contribution < 1.29 is 22.7 Å². The summed E-state index contributed by atoms with van der Waals surface area (Å²) in [7, 11) is 0. The number of nitrogens with two attached hydrogens (primary N) is 1. The number of aliphatic hydroxyl groups is 1. The number of benzene rings is 1. The van der Waals surface area contributed by atoms with Crippen molar-refractivity contribution in [1.29, 1.82) is 0 Å². The Kier molecular flexibility index (Phi) is 4.11. The van der Waals surface area contributed by atoms with E-state index in [2.05, 4.69) is 0 Å². The van der Waals surface area contributed by atoms with Crippen molar-refractivity contribution in [1.82, 2.24) is 0 Å². The maximum absolute atomic E-state index is 13.6. The summed E-state index contributed by atoms with van der Waals surface area (Å²) in [5.41, 5.74) is 3.81. The average Bonchev–Trinajstić information content (AvgIpc) is 2.25. The van der Waals surface area contributed by atoms with E-state index in [4.69, 9.17) is 5.73 Å². The van der Waals surface area contributed by atoms with Crippen LogP contribution in [0.15, 0.2) is 18.2 Å². The maximum atomic E-state index is 13.6. The number of halogens is 4. The second kappa shape index (κ2) is 5.01. The van der Waals surface area contributed by atoms with Gasteiger partial charge in [-0.15, -0.1) is 0 Å². The minimum atomic E-state index is -4.77. The van der Waals surface area contributed by atoms with E-state index in [1.165, 1.54) is 0 Å². The third kappa shape index (κ3) is 2.95. The van der Waals surface area contributed by atoms with E-state index in [1.807, 2.05) is 0 Å². The number of aliphatic hydroxyl groups excluding tert-OH is 1. The summed E-state index contributed by atoms with van der Waals surface area (Å²) in [6.07, 6.45) is -5.61. The van der Waals surface area contributed by atoms with Crippen LogP contribution in [0.25, 0.3) is 0 Å². The summed E-state index contributed by atoms with van der Waals surface area (Å²) in [5, 5.41) is 9.43. The Morgan fingerprint density at radius 1 is 1.35 bits per heavy atom. The summed E-state index contributed by atoms with van der Waals surface area (Å²) in [6, 6.07) is 1.70. The molecule has 17 heavy (non-hydrogen) atoms. The van der Waals surface area contributed by atoms with Crippen LogP contribution in [-0.4, -0.2) is 11.2 Å². The second-order valence-electron chi connectivity index (χ2n) is 3.71. The highest BCUT2D eigenvalue weighted by molar-refractivity contribution is 5.30. The monoisotopic (exact) mass is 251 g/mol.